The van der Waals surface area contributed by atoms with Crippen LogP contribution in [0, 0.1) is 0 Å². The standard InChI is InChI=1S/C19H15Cl2N5O3S/c20-14-6-2-1-5-13(14)19-24-23-17-9-10-18(25-26(17)19)29-12-11-22-30(27,28)16-8-4-3-7-15(16)21/h1-10,22H,11-12H2. The minimum absolute atomic E-state index is 0.0140. The molecule has 4 rings (SSSR count). The summed E-state index contributed by atoms with van der Waals surface area (Å²) in [6.45, 7) is 0.0958. The van der Waals surface area contributed by atoms with Crippen LogP contribution in [0.3, 0.4) is 0 Å². The van der Waals surface area contributed by atoms with E-state index in [2.05, 4.69) is 20.0 Å². The Hall–Kier alpha value is -2.72. The third kappa shape index (κ3) is 4.24. The molecule has 0 aliphatic rings. The lowest BCUT2D eigenvalue weighted by Gasteiger charge is -2.09. The molecule has 11 heteroatoms. The Balaban J connectivity index is 1.46. The van der Waals surface area contributed by atoms with Gasteiger partial charge in [-0.05, 0) is 30.3 Å². The Labute approximate surface area is 182 Å². The van der Waals surface area contributed by atoms with Crippen LogP contribution in [0.25, 0.3) is 17.0 Å². The summed E-state index contributed by atoms with van der Waals surface area (Å²) in [5.41, 5.74) is 1.21. The lowest BCUT2D eigenvalue weighted by atomic mass is 10.2. The highest BCUT2D eigenvalue weighted by Gasteiger charge is 2.17. The van der Waals surface area contributed by atoms with Crippen molar-refractivity contribution in [1.29, 1.82) is 0 Å². The number of ether oxygens (including phenoxy) is 1. The zero-order valence-electron chi connectivity index (χ0n) is 15.4. The van der Waals surface area contributed by atoms with Crippen molar-refractivity contribution >= 4 is 38.9 Å². The van der Waals surface area contributed by atoms with Gasteiger partial charge in [-0.3, -0.25) is 0 Å². The molecule has 30 heavy (non-hydrogen) atoms. The van der Waals surface area contributed by atoms with E-state index in [1.54, 1.807) is 30.3 Å². The quantitative estimate of drug-likeness (QED) is 0.421. The molecule has 0 amide bonds. The molecule has 154 valence electrons. The smallest absolute Gasteiger partial charge is 0.242 e. The maximum atomic E-state index is 12.3. The van der Waals surface area contributed by atoms with Gasteiger partial charge >= 0.3 is 0 Å². The van der Waals surface area contributed by atoms with Gasteiger partial charge in [-0.15, -0.1) is 15.3 Å². The van der Waals surface area contributed by atoms with Crippen molar-refractivity contribution in [3.63, 3.8) is 0 Å². The van der Waals surface area contributed by atoms with Crippen molar-refractivity contribution in [2.45, 2.75) is 4.90 Å². The van der Waals surface area contributed by atoms with Crippen molar-refractivity contribution in [2.24, 2.45) is 0 Å². The molecule has 0 saturated heterocycles. The summed E-state index contributed by atoms with van der Waals surface area (Å²) in [6, 6.07) is 16.8. The molecule has 0 fully saturated rings. The van der Waals surface area contributed by atoms with Gasteiger partial charge in [-0.25, -0.2) is 13.1 Å². The summed E-state index contributed by atoms with van der Waals surface area (Å²) >= 11 is 12.2. The van der Waals surface area contributed by atoms with E-state index in [-0.39, 0.29) is 28.9 Å². The van der Waals surface area contributed by atoms with Crippen LogP contribution in [-0.2, 0) is 10.0 Å². The van der Waals surface area contributed by atoms with E-state index in [4.69, 9.17) is 27.9 Å². The van der Waals surface area contributed by atoms with E-state index in [9.17, 15) is 8.42 Å². The monoisotopic (exact) mass is 463 g/mol. The highest BCUT2D eigenvalue weighted by Crippen LogP contribution is 2.26. The largest absolute Gasteiger partial charge is 0.475 e. The maximum absolute atomic E-state index is 12.3. The van der Waals surface area contributed by atoms with Crippen LogP contribution in [0.4, 0.5) is 0 Å². The van der Waals surface area contributed by atoms with Crippen molar-refractivity contribution in [1.82, 2.24) is 24.5 Å². The van der Waals surface area contributed by atoms with Gasteiger partial charge in [0.1, 0.15) is 11.5 Å². The number of hydrogen-bond donors (Lipinski definition) is 1. The second kappa shape index (κ2) is 8.57. The first-order valence-electron chi connectivity index (χ1n) is 8.80. The van der Waals surface area contributed by atoms with Crippen molar-refractivity contribution in [3.05, 3.63) is 70.7 Å². The second-order valence-corrected chi connectivity index (χ2v) is 8.67. The lowest BCUT2D eigenvalue weighted by molar-refractivity contribution is 0.306. The molecule has 0 spiro atoms. The molecule has 0 bridgehead atoms. The molecule has 1 N–H and O–H groups in total. The summed E-state index contributed by atoms with van der Waals surface area (Å²) in [7, 11) is -3.74. The molecule has 0 saturated carbocycles. The number of sulfonamides is 1. The second-order valence-electron chi connectivity index (χ2n) is 6.12. The topological polar surface area (TPSA) is 98.5 Å². The normalized spacial score (nSPS) is 11.7. The van der Waals surface area contributed by atoms with E-state index in [0.717, 1.165) is 0 Å². The third-order valence-electron chi connectivity index (χ3n) is 4.12. The summed E-state index contributed by atoms with van der Waals surface area (Å²) in [6.07, 6.45) is 0. The molecule has 0 aliphatic carbocycles. The first kappa shape index (κ1) is 20.5. The van der Waals surface area contributed by atoms with Crippen molar-refractivity contribution in [2.75, 3.05) is 13.2 Å². The summed E-state index contributed by atoms with van der Waals surface area (Å²) in [5, 5.41) is 13.3. The highest BCUT2D eigenvalue weighted by molar-refractivity contribution is 7.89. The molecular formula is C19H15Cl2N5O3S. The minimum atomic E-state index is -3.74. The Morgan fingerprint density at radius 3 is 2.43 bits per heavy atom. The number of nitrogens with one attached hydrogen (secondary N) is 1. The Bertz CT molecular complexity index is 1310. The fourth-order valence-electron chi connectivity index (χ4n) is 2.73. The SMILES string of the molecule is O=S(=O)(NCCOc1ccc2nnc(-c3ccccc3Cl)n2n1)c1ccccc1Cl. The van der Waals surface area contributed by atoms with Crippen LogP contribution in [0.15, 0.2) is 65.6 Å². The van der Waals surface area contributed by atoms with Gasteiger partial charge in [-0.1, -0.05) is 47.5 Å². The fourth-order valence-corrected chi connectivity index (χ4v) is 4.48. The van der Waals surface area contributed by atoms with Gasteiger partial charge in [0, 0.05) is 18.2 Å². The van der Waals surface area contributed by atoms with E-state index in [1.807, 2.05) is 18.2 Å². The number of fused-ring (bicyclic) bond motifs is 1. The zero-order chi connectivity index (χ0) is 21.1. The molecule has 2 aromatic carbocycles. The molecule has 2 aromatic heterocycles. The van der Waals surface area contributed by atoms with E-state index < -0.39 is 10.0 Å². The van der Waals surface area contributed by atoms with Crippen molar-refractivity contribution in [3.8, 4) is 17.3 Å². The van der Waals surface area contributed by atoms with Crippen LogP contribution in [0.2, 0.25) is 10.0 Å². The number of benzene rings is 2. The maximum Gasteiger partial charge on any atom is 0.242 e. The number of hydrogen-bond acceptors (Lipinski definition) is 6. The summed E-state index contributed by atoms with van der Waals surface area (Å²) in [4.78, 5) is 0.0140. The molecule has 8 nitrogen and oxygen atoms in total. The molecule has 0 radical (unpaired) electrons. The predicted octanol–water partition coefficient (Wildman–Crippen LogP) is 3.46. The van der Waals surface area contributed by atoms with Crippen LogP contribution >= 0.6 is 23.2 Å². The van der Waals surface area contributed by atoms with Gasteiger partial charge in [-0.2, -0.15) is 4.52 Å². The van der Waals surface area contributed by atoms with Crippen LogP contribution in [-0.4, -0.2) is 41.4 Å². The number of halogens is 2. The number of rotatable bonds is 7. The van der Waals surface area contributed by atoms with Crippen LogP contribution < -0.4 is 9.46 Å². The van der Waals surface area contributed by atoms with Crippen LogP contribution in [0.5, 0.6) is 5.88 Å². The Kier molecular flexibility index (Phi) is 5.87. The molecular weight excluding hydrogens is 449 g/mol. The fraction of sp³-hybridized carbons (Fsp3) is 0.105. The van der Waals surface area contributed by atoms with Crippen molar-refractivity contribution < 1.29 is 13.2 Å². The molecule has 0 aliphatic heterocycles. The van der Waals surface area contributed by atoms with Crippen LogP contribution in [0.1, 0.15) is 0 Å². The van der Waals surface area contributed by atoms with Gasteiger partial charge in [0.05, 0.1) is 10.0 Å². The third-order valence-corrected chi connectivity index (χ3v) is 6.41. The molecule has 0 unspecified atom stereocenters. The van der Waals surface area contributed by atoms with E-state index in [1.165, 1.54) is 16.6 Å². The van der Waals surface area contributed by atoms with E-state index in [0.29, 0.717) is 22.1 Å². The average Bonchev–Trinajstić information content (AvgIpc) is 3.15. The average molecular weight is 464 g/mol. The van der Waals surface area contributed by atoms with E-state index >= 15 is 0 Å². The van der Waals surface area contributed by atoms with Gasteiger partial charge in [0.15, 0.2) is 11.5 Å². The zero-order valence-corrected chi connectivity index (χ0v) is 17.7. The molecule has 0 atom stereocenters. The Morgan fingerprint density at radius 2 is 1.67 bits per heavy atom. The Morgan fingerprint density at radius 1 is 0.933 bits per heavy atom. The van der Waals surface area contributed by atoms with Gasteiger partial charge < -0.3 is 4.74 Å². The lowest BCUT2D eigenvalue weighted by Crippen LogP contribution is -2.28. The predicted molar refractivity (Wildman–Crippen MR) is 113 cm³/mol. The number of nitrogens with zero attached hydrogens (tertiary/aromatic N) is 4. The van der Waals surface area contributed by atoms with Gasteiger partial charge in [0.2, 0.25) is 15.9 Å². The first-order chi connectivity index (χ1) is 14.5. The van der Waals surface area contributed by atoms with Gasteiger partial charge in [0.25, 0.3) is 0 Å². The molecule has 2 heterocycles. The summed E-state index contributed by atoms with van der Waals surface area (Å²) in [5.74, 6) is 0.757. The minimum Gasteiger partial charge on any atom is -0.475 e. The highest BCUT2D eigenvalue weighted by atomic mass is 35.5. The first-order valence-corrected chi connectivity index (χ1v) is 11.0. The summed E-state index contributed by atoms with van der Waals surface area (Å²) < 4.78 is 34.2. The number of aromatic nitrogens is 4. The molecule has 4 aromatic rings.